The van der Waals surface area contributed by atoms with Crippen LogP contribution in [0.2, 0.25) is 0 Å². The summed E-state index contributed by atoms with van der Waals surface area (Å²) < 4.78 is 4.47. The molecule has 0 saturated heterocycles. The van der Waals surface area contributed by atoms with Gasteiger partial charge < -0.3 is 10.5 Å². The van der Waals surface area contributed by atoms with E-state index >= 15 is 0 Å². The van der Waals surface area contributed by atoms with Crippen LogP contribution in [0, 0.1) is 0 Å². The first kappa shape index (κ1) is 10.8. The summed E-state index contributed by atoms with van der Waals surface area (Å²) >= 11 is 1.66. The highest BCUT2D eigenvalue weighted by atomic mass is 32.2. The molecule has 0 bridgehead atoms. The van der Waals surface area contributed by atoms with Gasteiger partial charge in [-0.2, -0.15) is 11.8 Å². The molecule has 0 aromatic rings. The maximum atomic E-state index is 10.8. The van der Waals surface area contributed by atoms with E-state index in [1.807, 2.05) is 0 Å². The van der Waals surface area contributed by atoms with Crippen molar-refractivity contribution in [3.63, 3.8) is 0 Å². The van der Waals surface area contributed by atoms with Crippen molar-refractivity contribution in [2.75, 3.05) is 12.9 Å². The molecule has 1 unspecified atom stereocenters. The lowest BCUT2D eigenvalue weighted by atomic mass is 10.4. The van der Waals surface area contributed by atoms with Crippen LogP contribution in [-0.2, 0) is 9.53 Å². The van der Waals surface area contributed by atoms with Crippen LogP contribution >= 0.6 is 11.8 Å². The molecule has 4 heteroatoms. The smallest absolute Gasteiger partial charge is 0.323 e. The van der Waals surface area contributed by atoms with E-state index in [1.165, 1.54) is 7.11 Å². The number of ether oxygens (including phenoxy) is 1. The molecule has 0 rings (SSSR count). The number of hydrogen-bond donors (Lipinski definition) is 1. The van der Waals surface area contributed by atoms with Gasteiger partial charge >= 0.3 is 5.97 Å². The SMILES string of the molecule is COC(=O)C(N)CSC(C)C. The molecule has 0 aliphatic carbocycles. The number of esters is 1. The van der Waals surface area contributed by atoms with Gasteiger partial charge in [-0.15, -0.1) is 0 Å². The van der Waals surface area contributed by atoms with Gasteiger partial charge in [0.15, 0.2) is 0 Å². The second-order valence-corrected chi connectivity index (χ2v) is 4.12. The van der Waals surface area contributed by atoms with Crippen LogP contribution in [0.15, 0.2) is 0 Å². The first-order chi connectivity index (χ1) is 5.07. The van der Waals surface area contributed by atoms with E-state index in [2.05, 4.69) is 18.6 Å². The number of methoxy groups -OCH3 is 1. The Kier molecular flexibility index (Phi) is 5.32. The summed E-state index contributed by atoms with van der Waals surface area (Å²) in [5.41, 5.74) is 5.48. The molecule has 0 aromatic carbocycles. The summed E-state index contributed by atoms with van der Waals surface area (Å²) in [6.45, 7) is 4.13. The van der Waals surface area contributed by atoms with Crippen molar-refractivity contribution in [3.8, 4) is 0 Å². The minimum atomic E-state index is -0.479. The number of hydrogen-bond acceptors (Lipinski definition) is 4. The molecule has 0 spiro atoms. The molecule has 1 atom stereocenters. The Morgan fingerprint density at radius 1 is 1.64 bits per heavy atom. The fourth-order valence-electron chi connectivity index (χ4n) is 0.516. The largest absolute Gasteiger partial charge is 0.468 e. The van der Waals surface area contributed by atoms with Crippen LogP contribution < -0.4 is 5.73 Å². The van der Waals surface area contributed by atoms with Gasteiger partial charge in [0.1, 0.15) is 6.04 Å². The fourth-order valence-corrected chi connectivity index (χ4v) is 1.24. The summed E-state index contributed by atoms with van der Waals surface area (Å²) in [5.74, 6) is 0.294. The zero-order valence-corrected chi connectivity index (χ0v) is 7.98. The van der Waals surface area contributed by atoms with Crippen LogP contribution in [0.1, 0.15) is 13.8 Å². The molecular weight excluding hydrogens is 162 g/mol. The van der Waals surface area contributed by atoms with Crippen molar-refractivity contribution in [3.05, 3.63) is 0 Å². The van der Waals surface area contributed by atoms with E-state index < -0.39 is 6.04 Å². The van der Waals surface area contributed by atoms with Gasteiger partial charge in [-0.1, -0.05) is 13.8 Å². The summed E-state index contributed by atoms with van der Waals surface area (Å²) in [7, 11) is 1.35. The van der Waals surface area contributed by atoms with Gasteiger partial charge in [-0.05, 0) is 5.25 Å². The van der Waals surface area contributed by atoms with Gasteiger partial charge in [0.05, 0.1) is 7.11 Å². The molecule has 2 N–H and O–H groups in total. The van der Waals surface area contributed by atoms with Crippen LogP contribution in [-0.4, -0.2) is 30.1 Å². The zero-order chi connectivity index (χ0) is 8.85. The van der Waals surface area contributed by atoms with Crippen molar-refractivity contribution >= 4 is 17.7 Å². The maximum absolute atomic E-state index is 10.8. The minimum absolute atomic E-state index is 0.335. The topological polar surface area (TPSA) is 52.3 Å². The molecule has 0 radical (unpaired) electrons. The molecular formula is C7H15NO2S. The Labute approximate surface area is 71.7 Å². The van der Waals surface area contributed by atoms with Crippen LogP contribution in [0.4, 0.5) is 0 Å². The van der Waals surface area contributed by atoms with Crippen molar-refractivity contribution < 1.29 is 9.53 Å². The van der Waals surface area contributed by atoms with E-state index in [1.54, 1.807) is 11.8 Å². The standard InChI is InChI=1S/C7H15NO2S/c1-5(2)11-4-6(8)7(9)10-3/h5-6H,4,8H2,1-3H3. The predicted octanol–water partition coefficient (Wildman–Crippen LogP) is 0.628. The Morgan fingerprint density at radius 3 is 2.55 bits per heavy atom. The van der Waals surface area contributed by atoms with Gasteiger partial charge in [0.2, 0.25) is 0 Å². The first-order valence-electron chi connectivity index (χ1n) is 3.53. The average molecular weight is 177 g/mol. The number of thioether (sulfide) groups is 1. The molecule has 0 aliphatic heterocycles. The zero-order valence-electron chi connectivity index (χ0n) is 7.16. The Hall–Kier alpha value is -0.220. The van der Waals surface area contributed by atoms with E-state index in [4.69, 9.17) is 5.73 Å². The quantitative estimate of drug-likeness (QED) is 0.640. The highest BCUT2D eigenvalue weighted by molar-refractivity contribution is 7.99. The molecule has 0 aliphatic rings. The Morgan fingerprint density at radius 2 is 2.18 bits per heavy atom. The van der Waals surface area contributed by atoms with Crippen LogP contribution in [0.25, 0.3) is 0 Å². The number of nitrogens with two attached hydrogens (primary N) is 1. The monoisotopic (exact) mass is 177 g/mol. The third kappa shape index (κ3) is 5.09. The molecule has 0 saturated carbocycles. The third-order valence-corrected chi connectivity index (χ3v) is 2.33. The van der Waals surface area contributed by atoms with Crippen molar-refractivity contribution in [1.29, 1.82) is 0 Å². The predicted molar refractivity (Wildman–Crippen MR) is 47.6 cm³/mol. The molecule has 0 amide bonds. The van der Waals surface area contributed by atoms with Gasteiger partial charge in [-0.3, -0.25) is 4.79 Å². The maximum Gasteiger partial charge on any atom is 0.323 e. The lowest BCUT2D eigenvalue weighted by Gasteiger charge is -2.09. The van der Waals surface area contributed by atoms with Gasteiger partial charge in [0.25, 0.3) is 0 Å². The van der Waals surface area contributed by atoms with Crippen molar-refractivity contribution in [2.45, 2.75) is 25.1 Å². The summed E-state index contributed by atoms with van der Waals surface area (Å²) in [4.78, 5) is 10.8. The lowest BCUT2D eigenvalue weighted by Crippen LogP contribution is -2.34. The molecule has 0 aromatic heterocycles. The highest BCUT2D eigenvalue weighted by Gasteiger charge is 2.13. The second kappa shape index (κ2) is 5.43. The van der Waals surface area contributed by atoms with E-state index in [0.717, 1.165) is 0 Å². The number of carbonyl (C=O) groups excluding carboxylic acids is 1. The molecule has 3 nitrogen and oxygen atoms in total. The molecule has 11 heavy (non-hydrogen) atoms. The number of rotatable bonds is 4. The van der Waals surface area contributed by atoms with E-state index in [-0.39, 0.29) is 5.97 Å². The normalized spacial score (nSPS) is 13.2. The Balaban J connectivity index is 3.52. The third-order valence-electron chi connectivity index (χ3n) is 1.11. The van der Waals surface area contributed by atoms with E-state index in [0.29, 0.717) is 11.0 Å². The van der Waals surface area contributed by atoms with Crippen molar-refractivity contribution in [1.82, 2.24) is 0 Å². The lowest BCUT2D eigenvalue weighted by molar-refractivity contribution is -0.141. The summed E-state index contributed by atoms with van der Waals surface area (Å²) in [5, 5.41) is 0.505. The fraction of sp³-hybridized carbons (Fsp3) is 0.857. The molecule has 0 heterocycles. The van der Waals surface area contributed by atoms with Crippen molar-refractivity contribution in [2.24, 2.45) is 5.73 Å². The first-order valence-corrected chi connectivity index (χ1v) is 4.57. The van der Waals surface area contributed by atoms with Crippen LogP contribution in [0.5, 0.6) is 0 Å². The molecule has 66 valence electrons. The Bertz CT molecular complexity index is 128. The molecule has 0 fully saturated rings. The number of carbonyl (C=O) groups is 1. The highest BCUT2D eigenvalue weighted by Crippen LogP contribution is 2.09. The van der Waals surface area contributed by atoms with Gasteiger partial charge in [0, 0.05) is 5.75 Å². The summed E-state index contributed by atoms with van der Waals surface area (Å²) in [6.07, 6.45) is 0. The van der Waals surface area contributed by atoms with Crippen LogP contribution in [0.3, 0.4) is 0 Å². The van der Waals surface area contributed by atoms with E-state index in [9.17, 15) is 4.79 Å². The second-order valence-electron chi connectivity index (χ2n) is 2.51. The van der Waals surface area contributed by atoms with Gasteiger partial charge in [-0.25, -0.2) is 0 Å². The average Bonchev–Trinajstić information content (AvgIpc) is 1.98. The summed E-state index contributed by atoms with van der Waals surface area (Å²) in [6, 6.07) is -0.479. The minimum Gasteiger partial charge on any atom is -0.468 e.